The van der Waals surface area contributed by atoms with E-state index >= 15 is 0 Å². The molecule has 2 amide bonds. The topological polar surface area (TPSA) is 86.8 Å². The van der Waals surface area contributed by atoms with Crippen LogP contribution in [0.3, 0.4) is 0 Å². The van der Waals surface area contributed by atoms with Crippen molar-refractivity contribution in [2.24, 2.45) is 0 Å². The second kappa shape index (κ2) is 15.0. The van der Waals surface area contributed by atoms with Crippen molar-refractivity contribution < 1.29 is 18.0 Å². The first-order valence-electron chi connectivity index (χ1n) is 14.6. The van der Waals surface area contributed by atoms with Gasteiger partial charge in [0.2, 0.25) is 11.8 Å². The number of sulfonamides is 1. The van der Waals surface area contributed by atoms with Gasteiger partial charge in [0.1, 0.15) is 12.6 Å². The number of carbonyl (C=O) groups is 2. The minimum absolute atomic E-state index is 0.0285. The summed E-state index contributed by atoms with van der Waals surface area (Å²) in [5.41, 5.74) is 2.75. The van der Waals surface area contributed by atoms with E-state index in [9.17, 15) is 18.0 Å². The average Bonchev–Trinajstić information content (AvgIpc) is 3.03. The normalized spacial score (nSPS) is 12.6. The van der Waals surface area contributed by atoms with Crippen molar-refractivity contribution in [1.29, 1.82) is 0 Å². The van der Waals surface area contributed by atoms with Crippen LogP contribution in [-0.4, -0.2) is 43.8 Å². The highest BCUT2D eigenvalue weighted by Gasteiger charge is 2.35. The molecule has 0 radical (unpaired) electrons. The van der Waals surface area contributed by atoms with E-state index in [1.165, 1.54) is 17.0 Å². The number of hydrogen-bond acceptors (Lipinski definition) is 4. The average molecular weight is 632 g/mol. The van der Waals surface area contributed by atoms with Gasteiger partial charge in [-0.05, 0) is 55.7 Å². The van der Waals surface area contributed by atoms with Crippen LogP contribution in [0.15, 0.2) is 114 Å². The largest absolute Gasteiger partial charge is 0.352 e. The van der Waals surface area contributed by atoms with Crippen molar-refractivity contribution in [1.82, 2.24) is 10.2 Å². The molecular formula is C35H38ClN3O4S. The number of nitrogens with zero attached hydrogens (tertiary/aromatic N) is 2. The first kappa shape index (κ1) is 32.8. The van der Waals surface area contributed by atoms with Crippen LogP contribution in [0.4, 0.5) is 5.69 Å². The Morgan fingerprint density at radius 2 is 1.39 bits per heavy atom. The maximum atomic E-state index is 14.5. The molecule has 4 rings (SSSR count). The molecule has 0 saturated heterocycles. The Morgan fingerprint density at radius 1 is 0.818 bits per heavy atom. The predicted molar refractivity (Wildman–Crippen MR) is 176 cm³/mol. The molecule has 4 aromatic carbocycles. The molecule has 9 heteroatoms. The van der Waals surface area contributed by atoms with Gasteiger partial charge in [0.25, 0.3) is 10.0 Å². The molecular weight excluding hydrogens is 594 g/mol. The standard InChI is InChI=1S/C35H38ClN3O4S/c1-4-27(3)37-35(41)33(23-28-13-7-5-8-14-28)38(24-29-15-9-6-10-16-29)34(40)25-39(32-18-12-11-17-31(32)36)44(42,43)30-21-19-26(2)20-22-30/h5-22,27,33H,4,23-25H2,1-3H3,(H,37,41)/t27-,33-/m1/s1. The van der Waals surface area contributed by atoms with Gasteiger partial charge in [0.15, 0.2) is 0 Å². The van der Waals surface area contributed by atoms with Crippen LogP contribution in [0.1, 0.15) is 37.0 Å². The van der Waals surface area contributed by atoms with Crippen molar-refractivity contribution in [2.45, 2.75) is 57.1 Å². The molecule has 4 aromatic rings. The number of rotatable bonds is 13. The summed E-state index contributed by atoms with van der Waals surface area (Å²) in [6, 6.07) is 30.8. The van der Waals surface area contributed by atoms with Crippen molar-refractivity contribution >= 4 is 39.1 Å². The number of aryl methyl sites for hydroxylation is 1. The molecule has 1 N–H and O–H groups in total. The number of carbonyl (C=O) groups excluding carboxylic acids is 2. The zero-order valence-corrected chi connectivity index (χ0v) is 26.8. The summed E-state index contributed by atoms with van der Waals surface area (Å²) in [7, 11) is -4.22. The molecule has 230 valence electrons. The van der Waals surface area contributed by atoms with Gasteiger partial charge < -0.3 is 10.2 Å². The Bertz CT molecular complexity index is 1650. The van der Waals surface area contributed by atoms with Gasteiger partial charge in [0, 0.05) is 19.0 Å². The van der Waals surface area contributed by atoms with Crippen molar-refractivity contribution in [3.05, 3.63) is 131 Å². The lowest BCUT2D eigenvalue weighted by molar-refractivity contribution is -0.140. The summed E-state index contributed by atoms with van der Waals surface area (Å²) in [5.74, 6) is -0.845. The van der Waals surface area contributed by atoms with Gasteiger partial charge in [-0.1, -0.05) is 109 Å². The van der Waals surface area contributed by atoms with Gasteiger partial charge in [0.05, 0.1) is 15.6 Å². The van der Waals surface area contributed by atoms with Crippen LogP contribution in [0, 0.1) is 6.92 Å². The molecule has 0 aliphatic carbocycles. The number of halogens is 1. The number of amides is 2. The third kappa shape index (κ3) is 8.27. The zero-order valence-electron chi connectivity index (χ0n) is 25.2. The third-order valence-electron chi connectivity index (χ3n) is 7.48. The molecule has 0 heterocycles. The van der Waals surface area contributed by atoms with E-state index in [2.05, 4.69) is 5.32 Å². The first-order chi connectivity index (χ1) is 21.1. The van der Waals surface area contributed by atoms with E-state index in [1.54, 1.807) is 36.4 Å². The molecule has 0 aromatic heterocycles. The first-order valence-corrected chi connectivity index (χ1v) is 16.4. The number of para-hydroxylation sites is 1. The molecule has 0 aliphatic heterocycles. The Hall–Kier alpha value is -4.14. The maximum Gasteiger partial charge on any atom is 0.264 e. The predicted octanol–water partition coefficient (Wildman–Crippen LogP) is 6.40. The summed E-state index contributed by atoms with van der Waals surface area (Å²) < 4.78 is 29.3. The van der Waals surface area contributed by atoms with Crippen LogP contribution >= 0.6 is 11.6 Å². The fourth-order valence-corrected chi connectivity index (χ4v) is 6.50. The van der Waals surface area contributed by atoms with Crippen LogP contribution in [0.25, 0.3) is 0 Å². The maximum absolute atomic E-state index is 14.5. The van der Waals surface area contributed by atoms with Crippen molar-refractivity contribution in [3.63, 3.8) is 0 Å². The zero-order chi connectivity index (χ0) is 31.7. The van der Waals surface area contributed by atoms with E-state index in [1.807, 2.05) is 81.4 Å². The van der Waals surface area contributed by atoms with Gasteiger partial charge in [-0.3, -0.25) is 13.9 Å². The minimum atomic E-state index is -4.22. The van der Waals surface area contributed by atoms with Gasteiger partial charge >= 0.3 is 0 Å². The van der Waals surface area contributed by atoms with E-state index in [4.69, 9.17) is 11.6 Å². The van der Waals surface area contributed by atoms with Gasteiger partial charge in [-0.15, -0.1) is 0 Å². The SMILES string of the molecule is CC[C@@H](C)NC(=O)[C@@H](Cc1ccccc1)N(Cc1ccccc1)C(=O)CN(c1ccccc1Cl)S(=O)(=O)c1ccc(C)cc1. The molecule has 0 aliphatic rings. The summed E-state index contributed by atoms with van der Waals surface area (Å²) in [6.45, 7) is 5.29. The Morgan fingerprint density at radius 3 is 1.98 bits per heavy atom. The van der Waals surface area contributed by atoms with Crippen LogP contribution in [0.5, 0.6) is 0 Å². The van der Waals surface area contributed by atoms with E-state index in [-0.39, 0.29) is 40.5 Å². The number of anilines is 1. The molecule has 2 atom stereocenters. The fourth-order valence-electron chi connectivity index (χ4n) is 4.78. The summed E-state index contributed by atoms with van der Waals surface area (Å²) in [6.07, 6.45) is 0.962. The second-order valence-corrected chi connectivity index (χ2v) is 13.1. The molecule has 0 fully saturated rings. The highest BCUT2D eigenvalue weighted by Crippen LogP contribution is 2.31. The fraction of sp³-hybridized carbons (Fsp3) is 0.257. The number of nitrogens with one attached hydrogen (secondary N) is 1. The van der Waals surface area contributed by atoms with Crippen LogP contribution in [0.2, 0.25) is 5.02 Å². The van der Waals surface area contributed by atoms with E-state index < -0.39 is 28.5 Å². The van der Waals surface area contributed by atoms with E-state index in [0.717, 1.165) is 21.0 Å². The van der Waals surface area contributed by atoms with Crippen LogP contribution in [-0.2, 0) is 32.6 Å². The summed E-state index contributed by atoms with van der Waals surface area (Å²) in [5, 5.41) is 3.22. The molecule has 0 bridgehead atoms. The lowest BCUT2D eigenvalue weighted by Gasteiger charge is -2.34. The smallest absolute Gasteiger partial charge is 0.264 e. The molecule has 0 unspecified atom stereocenters. The molecule has 7 nitrogen and oxygen atoms in total. The second-order valence-electron chi connectivity index (χ2n) is 10.8. The van der Waals surface area contributed by atoms with Crippen molar-refractivity contribution in [3.8, 4) is 0 Å². The van der Waals surface area contributed by atoms with Gasteiger partial charge in [-0.25, -0.2) is 8.42 Å². The highest BCUT2D eigenvalue weighted by atomic mass is 35.5. The number of benzene rings is 4. The Kier molecular flexibility index (Phi) is 11.2. The lowest BCUT2D eigenvalue weighted by Crippen LogP contribution is -2.54. The Labute approximate surface area is 265 Å². The molecule has 0 saturated carbocycles. The third-order valence-corrected chi connectivity index (χ3v) is 9.57. The highest BCUT2D eigenvalue weighted by molar-refractivity contribution is 7.92. The van der Waals surface area contributed by atoms with Crippen molar-refractivity contribution in [2.75, 3.05) is 10.8 Å². The minimum Gasteiger partial charge on any atom is -0.352 e. The van der Waals surface area contributed by atoms with E-state index in [0.29, 0.717) is 6.42 Å². The lowest BCUT2D eigenvalue weighted by atomic mass is 10.0. The quantitative estimate of drug-likeness (QED) is 0.185. The monoisotopic (exact) mass is 631 g/mol. The summed E-state index contributed by atoms with van der Waals surface area (Å²) >= 11 is 6.53. The van der Waals surface area contributed by atoms with Gasteiger partial charge in [-0.2, -0.15) is 0 Å². The van der Waals surface area contributed by atoms with Crippen LogP contribution < -0.4 is 9.62 Å². The Balaban J connectivity index is 1.80. The summed E-state index contributed by atoms with van der Waals surface area (Å²) in [4.78, 5) is 29.8. The molecule has 44 heavy (non-hydrogen) atoms. The molecule has 0 spiro atoms. The number of hydrogen-bond donors (Lipinski definition) is 1.